The van der Waals surface area contributed by atoms with E-state index in [9.17, 15) is 9.59 Å². The number of nitrogens with zero attached hydrogens (tertiary/aromatic N) is 5. The van der Waals surface area contributed by atoms with Crippen molar-refractivity contribution in [3.8, 4) is 0 Å². The zero-order valence-corrected chi connectivity index (χ0v) is 17.1. The number of thiazole rings is 1. The van der Waals surface area contributed by atoms with E-state index in [4.69, 9.17) is 0 Å². The fourth-order valence-electron chi connectivity index (χ4n) is 3.68. The van der Waals surface area contributed by atoms with Crippen LogP contribution in [0.5, 0.6) is 0 Å². The molecular formula is C21H20N6O2S. The van der Waals surface area contributed by atoms with E-state index in [1.807, 2.05) is 35.2 Å². The number of anilines is 1. The lowest BCUT2D eigenvalue weighted by atomic mass is 10.2. The van der Waals surface area contributed by atoms with Gasteiger partial charge in [0.2, 0.25) is 5.91 Å². The quantitative estimate of drug-likeness (QED) is 0.544. The number of carbonyl (C=O) groups is 1. The second-order valence-corrected chi connectivity index (χ2v) is 8.18. The van der Waals surface area contributed by atoms with Crippen LogP contribution in [0, 0.1) is 0 Å². The number of aromatic amines is 1. The highest BCUT2D eigenvalue weighted by Crippen LogP contribution is 2.27. The molecule has 0 atom stereocenters. The van der Waals surface area contributed by atoms with Gasteiger partial charge < -0.3 is 14.8 Å². The van der Waals surface area contributed by atoms with Crippen LogP contribution in [0.3, 0.4) is 0 Å². The van der Waals surface area contributed by atoms with Gasteiger partial charge in [-0.2, -0.15) is 0 Å². The van der Waals surface area contributed by atoms with E-state index in [2.05, 4.69) is 24.8 Å². The summed E-state index contributed by atoms with van der Waals surface area (Å²) < 4.78 is 0. The number of amides is 1. The molecule has 4 heterocycles. The number of H-pyrrole nitrogens is 1. The molecule has 1 aromatic carbocycles. The highest BCUT2D eigenvalue weighted by Gasteiger charge is 2.23. The number of rotatable bonds is 4. The fourth-order valence-corrected chi connectivity index (χ4v) is 4.64. The van der Waals surface area contributed by atoms with Crippen molar-refractivity contribution in [2.24, 2.45) is 0 Å². The number of aromatic nitrogens is 4. The van der Waals surface area contributed by atoms with Gasteiger partial charge in [0.1, 0.15) is 16.2 Å². The van der Waals surface area contributed by atoms with Crippen molar-refractivity contribution in [1.82, 2.24) is 24.8 Å². The number of para-hydroxylation sites is 1. The molecule has 1 saturated heterocycles. The Bertz CT molecular complexity index is 1240. The standard InChI is InChI=1S/C21H20N6O2S/c28-18(8-7-17-23-15-5-2-1-4-14(15)19(29)25-17)26-10-12-27(13-11-26)21-24-16-6-3-9-22-20(16)30-21/h1-6,9H,7-8,10-13H2,(H,23,25,29). The smallest absolute Gasteiger partial charge is 0.258 e. The minimum atomic E-state index is -0.165. The van der Waals surface area contributed by atoms with Crippen LogP contribution in [0.25, 0.3) is 21.3 Å². The summed E-state index contributed by atoms with van der Waals surface area (Å²) in [6.07, 6.45) is 2.52. The summed E-state index contributed by atoms with van der Waals surface area (Å²) in [5, 5.41) is 1.52. The molecule has 0 spiro atoms. The average Bonchev–Trinajstić information content (AvgIpc) is 3.22. The van der Waals surface area contributed by atoms with Crippen LogP contribution in [0.1, 0.15) is 12.2 Å². The van der Waals surface area contributed by atoms with Gasteiger partial charge in [0, 0.05) is 45.2 Å². The molecule has 30 heavy (non-hydrogen) atoms. The predicted molar refractivity (Wildman–Crippen MR) is 117 cm³/mol. The summed E-state index contributed by atoms with van der Waals surface area (Å²) in [4.78, 5) is 46.1. The molecule has 4 aromatic rings. The molecule has 8 nitrogen and oxygen atoms in total. The van der Waals surface area contributed by atoms with Gasteiger partial charge in [0.25, 0.3) is 5.56 Å². The van der Waals surface area contributed by atoms with Crippen LogP contribution in [-0.4, -0.2) is 56.9 Å². The number of benzene rings is 1. The summed E-state index contributed by atoms with van der Waals surface area (Å²) in [7, 11) is 0. The first-order chi connectivity index (χ1) is 14.7. The maximum atomic E-state index is 12.7. The predicted octanol–water partition coefficient (Wildman–Crippen LogP) is 2.21. The Labute approximate surface area is 176 Å². The molecule has 1 N–H and O–H groups in total. The summed E-state index contributed by atoms with van der Waals surface area (Å²) in [6.45, 7) is 2.81. The Morgan fingerprint density at radius 1 is 1.03 bits per heavy atom. The molecule has 0 unspecified atom stereocenters. The topological polar surface area (TPSA) is 95.1 Å². The first-order valence-electron chi connectivity index (χ1n) is 9.89. The Balaban J connectivity index is 1.19. The molecule has 1 amide bonds. The third-order valence-corrected chi connectivity index (χ3v) is 6.34. The average molecular weight is 420 g/mol. The second kappa shape index (κ2) is 7.83. The Morgan fingerprint density at radius 3 is 2.67 bits per heavy atom. The van der Waals surface area contributed by atoms with E-state index in [1.165, 1.54) is 0 Å². The Hall–Kier alpha value is -3.33. The Morgan fingerprint density at radius 2 is 1.83 bits per heavy atom. The summed E-state index contributed by atoms with van der Waals surface area (Å²) in [6, 6.07) is 11.1. The normalized spacial score (nSPS) is 14.5. The van der Waals surface area contributed by atoms with Crippen LogP contribution in [0.2, 0.25) is 0 Å². The third kappa shape index (κ3) is 3.63. The summed E-state index contributed by atoms with van der Waals surface area (Å²) in [5.74, 6) is 0.629. The molecular weight excluding hydrogens is 400 g/mol. The lowest BCUT2D eigenvalue weighted by molar-refractivity contribution is -0.131. The van der Waals surface area contributed by atoms with Crippen molar-refractivity contribution in [2.75, 3.05) is 31.1 Å². The largest absolute Gasteiger partial charge is 0.344 e. The number of pyridine rings is 1. The maximum Gasteiger partial charge on any atom is 0.258 e. The molecule has 0 saturated carbocycles. The molecule has 1 aliphatic rings. The van der Waals surface area contributed by atoms with E-state index < -0.39 is 0 Å². The number of hydrogen-bond acceptors (Lipinski definition) is 7. The lowest BCUT2D eigenvalue weighted by Crippen LogP contribution is -2.48. The molecule has 0 bridgehead atoms. The van der Waals surface area contributed by atoms with Crippen molar-refractivity contribution in [3.05, 3.63) is 58.8 Å². The van der Waals surface area contributed by atoms with Crippen molar-refractivity contribution in [3.63, 3.8) is 0 Å². The molecule has 9 heteroatoms. The summed E-state index contributed by atoms with van der Waals surface area (Å²) in [5.41, 5.74) is 1.40. The monoisotopic (exact) mass is 420 g/mol. The van der Waals surface area contributed by atoms with Gasteiger partial charge >= 0.3 is 0 Å². The molecule has 3 aromatic heterocycles. The van der Waals surface area contributed by atoms with Gasteiger partial charge in [-0.05, 0) is 24.3 Å². The zero-order valence-electron chi connectivity index (χ0n) is 16.2. The van der Waals surface area contributed by atoms with Gasteiger partial charge in [-0.25, -0.2) is 15.0 Å². The number of fused-ring (bicyclic) bond motifs is 2. The first kappa shape index (κ1) is 18.7. The minimum absolute atomic E-state index is 0.0800. The van der Waals surface area contributed by atoms with Crippen LogP contribution in [0.4, 0.5) is 5.13 Å². The molecule has 152 valence electrons. The molecule has 0 aliphatic carbocycles. The zero-order chi connectivity index (χ0) is 20.5. The number of aryl methyl sites for hydroxylation is 1. The highest BCUT2D eigenvalue weighted by atomic mass is 32.1. The van der Waals surface area contributed by atoms with E-state index in [-0.39, 0.29) is 11.5 Å². The molecule has 5 rings (SSSR count). The number of carbonyl (C=O) groups excluding carboxylic acids is 1. The number of nitrogens with one attached hydrogen (secondary N) is 1. The molecule has 0 radical (unpaired) electrons. The third-order valence-electron chi connectivity index (χ3n) is 5.30. The minimum Gasteiger partial charge on any atom is -0.344 e. The van der Waals surface area contributed by atoms with E-state index >= 15 is 0 Å². The van der Waals surface area contributed by atoms with Crippen LogP contribution >= 0.6 is 11.3 Å². The van der Waals surface area contributed by atoms with Crippen molar-refractivity contribution >= 4 is 43.6 Å². The summed E-state index contributed by atoms with van der Waals surface area (Å²) >= 11 is 1.58. The first-order valence-corrected chi connectivity index (χ1v) is 10.7. The lowest BCUT2D eigenvalue weighted by Gasteiger charge is -2.34. The fraction of sp³-hybridized carbons (Fsp3) is 0.286. The van der Waals surface area contributed by atoms with Crippen molar-refractivity contribution < 1.29 is 4.79 Å². The van der Waals surface area contributed by atoms with Gasteiger partial charge in [-0.1, -0.05) is 23.5 Å². The SMILES string of the molecule is O=C(CCc1nc2ccccc2c(=O)[nH]1)N1CCN(c2nc3cccnc3s2)CC1. The van der Waals surface area contributed by atoms with Gasteiger partial charge in [0.05, 0.1) is 10.9 Å². The van der Waals surface area contributed by atoms with Crippen molar-refractivity contribution in [2.45, 2.75) is 12.8 Å². The molecule has 1 fully saturated rings. The van der Waals surface area contributed by atoms with Crippen molar-refractivity contribution in [1.29, 1.82) is 0 Å². The Kier molecular flexibility index (Phi) is 4.88. The van der Waals surface area contributed by atoms with E-state index in [0.717, 1.165) is 28.6 Å². The number of piperazine rings is 1. The van der Waals surface area contributed by atoms with Crippen LogP contribution in [-0.2, 0) is 11.2 Å². The molecule has 1 aliphatic heterocycles. The van der Waals surface area contributed by atoms with E-state index in [1.54, 1.807) is 23.6 Å². The second-order valence-electron chi connectivity index (χ2n) is 7.22. The maximum absolute atomic E-state index is 12.7. The van der Waals surface area contributed by atoms with Gasteiger partial charge in [-0.15, -0.1) is 0 Å². The van der Waals surface area contributed by atoms with Gasteiger partial charge in [-0.3, -0.25) is 9.59 Å². The number of hydrogen-bond donors (Lipinski definition) is 1. The van der Waals surface area contributed by atoms with Crippen LogP contribution in [0.15, 0.2) is 47.4 Å². The highest BCUT2D eigenvalue weighted by molar-refractivity contribution is 7.21. The van der Waals surface area contributed by atoms with Crippen LogP contribution < -0.4 is 10.5 Å². The van der Waals surface area contributed by atoms with E-state index in [0.29, 0.717) is 42.7 Å². The van der Waals surface area contributed by atoms with Gasteiger partial charge in [0.15, 0.2) is 5.13 Å².